The molecule has 0 aliphatic carbocycles. The van der Waals surface area contributed by atoms with E-state index in [0.29, 0.717) is 0 Å². The second-order valence-electron chi connectivity index (χ2n) is 4.01. The summed E-state index contributed by atoms with van der Waals surface area (Å²) in [5.74, 6) is -0.966. The van der Waals surface area contributed by atoms with Crippen LogP contribution in [0.1, 0.15) is 33.2 Å². The minimum Gasteiger partial charge on any atom is -0.476 e. The summed E-state index contributed by atoms with van der Waals surface area (Å²) in [6, 6.07) is 4.28. The number of rotatable bonds is 4. The number of hydrogen-bond acceptors (Lipinski definition) is 5. The summed E-state index contributed by atoms with van der Waals surface area (Å²) in [6.45, 7) is 3.87. The number of thiazole rings is 1. The van der Waals surface area contributed by atoms with Gasteiger partial charge in [-0.25, -0.2) is 9.78 Å². The van der Waals surface area contributed by atoms with E-state index in [1.165, 1.54) is 16.2 Å². The molecule has 96 valence electrons. The quantitative estimate of drug-likeness (QED) is 0.933. The van der Waals surface area contributed by atoms with Crippen LogP contribution in [0.5, 0.6) is 0 Å². The van der Waals surface area contributed by atoms with E-state index in [2.05, 4.69) is 18.0 Å². The van der Waals surface area contributed by atoms with Crippen molar-refractivity contribution in [1.82, 2.24) is 4.98 Å². The van der Waals surface area contributed by atoms with Gasteiger partial charge >= 0.3 is 5.97 Å². The Morgan fingerprint density at radius 1 is 1.56 bits per heavy atom. The standard InChI is InChI=1S/C12H14N2O2S2/c1-7(9-5-4-6-17-9)14(3)12-13-10(11(15)16)8(2)18-12/h4-7H,1-3H3,(H,15,16). The molecule has 0 amide bonds. The third-order valence-electron chi connectivity index (χ3n) is 2.83. The molecule has 2 aromatic heterocycles. The SMILES string of the molecule is Cc1sc(N(C)C(C)c2cccs2)nc1C(=O)O. The molecule has 4 nitrogen and oxygen atoms in total. The Bertz CT molecular complexity index is 548. The second kappa shape index (κ2) is 5.07. The smallest absolute Gasteiger partial charge is 0.355 e. The first-order valence-corrected chi connectivity index (χ1v) is 7.17. The molecule has 1 atom stereocenters. The maximum Gasteiger partial charge on any atom is 0.355 e. The fraction of sp³-hybridized carbons (Fsp3) is 0.333. The van der Waals surface area contributed by atoms with Crippen molar-refractivity contribution in [2.75, 3.05) is 11.9 Å². The van der Waals surface area contributed by atoms with Gasteiger partial charge in [-0.05, 0) is 25.3 Å². The number of thiophene rings is 1. The number of anilines is 1. The molecule has 18 heavy (non-hydrogen) atoms. The first-order chi connectivity index (χ1) is 8.50. The Hall–Kier alpha value is -1.40. The lowest BCUT2D eigenvalue weighted by molar-refractivity contribution is 0.0690. The maximum absolute atomic E-state index is 11.0. The van der Waals surface area contributed by atoms with Gasteiger partial charge in [-0.15, -0.1) is 22.7 Å². The van der Waals surface area contributed by atoms with Crippen LogP contribution in [0.3, 0.4) is 0 Å². The number of aromatic nitrogens is 1. The molecule has 2 rings (SSSR count). The van der Waals surface area contributed by atoms with Crippen molar-refractivity contribution < 1.29 is 9.90 Å². The van der Waals surface area contributed by atoms with E-state index in [4.69, 9.17) is 5.11 Å². The third kappa shape index (κ3) is 2.39. The molecule has 1 unspecified atom stereocenters. The van der Waals surface area contributed by atoms with Crippen LogP contribution in [-0.4, -0.2) is 23.1 Å². The van der Waals surface area contributed by atoms with Crippen LogP contribution >= 0.6 is 22.7 Å². The Morgan fingerprint density at radius 3 is 2.78 bits per heavy atom. The molecule has 0 spiro atoms. The number of carboxylic acid groups (broad SMARTS) is 1. The molecular weight excluding hydrogens is 268 g/mol. The van der Waals surface area contributed by atoms with Gasteiger partial charge in [-0.2, -0.15) is 0 Å². The van der Waals surface area contributed by atoms with Crippen LogP contribution in [0, 0.1) is 6.92 Å². The lowest BCUT2D eigenvalue weighted by Gasteiger charge is -2.23. The van der Waals surface area contributed by atoms with E-state index >= 15 is 0 Å². The van der Waals surface area contributed by atoms with Gasteiger partial charge in [0.15, 0.2) is 10.8 Å². The average Bonchev–Trinajstić information content (AvgIpc) is 2.95. The Balaban J connectivity index is 2.26. The molecule has 0 aliphatic heterocycles. The molecule has 1 N–H and O–H groups in total. The topological polar surface area (TPSA) is 53.4 Å². The zero-order chi connectivity index (χ0) is 13.3. The van der Waals surface area contributed by atoms with Crippen molar-refractivity contribution >= 4 is 33.8 Å². The van der Waals surface area contributed by atoms with Gasteiger partial charge in [-0.1, -0.05) is 6.07 Å². The second-order valence-corrected chi connectivity index (χ2v) is 6.17. The van der Waals surface area contributed by atoms with E-state index < -0.39 is 5.97 Å². The minimum atomic E-state index is -0.966. The molecule has 0 bridgehead atoms. The molecule has 0 aliphatic rings. The lowest BCUT2D eigenvalue weighted by atomic mass is 10.2. The van der Waals surface area contributed by atoms with E-state index in [0.717, 1.165) is 10.0 Å². The van der Waals surface area contributed by atoms with Gasteiger partial charge in [-0.3, -0.25) is 0 Å². The number of aromatic carboxylic acids is 1. The van der Waals surface area contributed by atoms with Gasteiger partial charge < -0.3 is 10.0 Å². The highest BCUT2D eigenvalue weighted by molar-refractivity contribution is 7.15. The third-order valence-corrected chi connectivity index (χ3v) is 4.93. The van der Waals surface area contributed by atoms with Crippen LogP contribution in [0.4, 0.5) is 5.13 Å². The summed E-state index contributed by atoms with van der Waals surface area (Å²) < 4.78 is 0. The van der Waals surface area contributed by atoms with Crippen molar-refractivity contribution in [3.05, 3.63) is 33.0 Å². The van der Waals surface area contributed by atoms with Crippen LogP contribution in [0.15, 0.2) is 17.5 Å². The maximum atomic E-state index is 11.0. The number of nitrogens with zero attached hydrogens (tertiary/aromatic N) is 2. The molecule has 6 heteroatoms. The van der Waals surface area contributed by atoms with Crippen molar-refractivity contribution in [3.63, 3.8) is 0 Å². The number of carboxylic acids is 1. The van der Waals surface area contributed by atoms with E-state index in [9.17, 15) is 4.79 Å². The van der Waals surface area contributed by atoms with Gasteiger partial charge in [0.1, 0.15) is 0 Å². The van der Waals surface area contributed by atoms with Gasteiger partial charge in [0.25, 0.3) is 0 Å². The van der Waals surface area contributed by atoms with Gasteiger partial charge in [0.05, 0.1) is 6.04 Å². The summed E-state index contributed by atoms with van der Waals surface area (Å²) >= 11 is 3.11. The average molecular weight is 282 g/mol. The van der Waals surface area contributed by atoms with Crippen molar-refractivity contribution in [3.8, 4) is 0 Å². The Kier molecular flexibility index (Phi) is 3.68. The molecule has 2 aromatic rings. The highest BCUT2D eigenvalue weighted by Crippen LogP contribution is 2.32. The highest BCUT2D eigenvalue weighted by atomic mass is 32.1. The predicted molar refractivity (Wildman–Crippen MR) is 74.9 cm³/mol. The normalized spacial score (nSPS) is 12.4. The van der Waals surface area contributed by atoms with E-state index in [-0.39, 0.29) is 11.7 Å². The molecule has 0 saturated heterocycles. The van der Waals surface area contributed by atoms with Crippen LogP contribution < -0.4 is 4.90 Å². The predicted octanol–water partition coefficient (Wildman–Crippen LogP) is 3.41. The fourth-order valence-corrected chi connectivity index (χ4v) is 3.39. The molecule has 0 saturated carbocycles. The summed E-state index contributed by atoms with van der Waals surface area (Å²) in [5, 5.41) is 11.8. The summed E-state index contributed by atoms with van der Waals surface area (Å²) in [6.07, 6.45) is 0. The van der Waals surface area contributed by atoms with E-state index in [1.54, 1.807) is 18.3 Å². The van der Waals surface area contributed by atoms with Gasteiger partial charge in [0.2, 0.25) is 0 Å². The monoisotopic (exact) mass is 282 g/mol. The summed E-state index contributed by atoms with van der Waals surface area (Å²) in [5.41, 5.74) is 0.153. The fourth-order valence-electron chi connectivity index (χ4n) is 1.62. The van der Waals surface area contributed by atoms with Crippen LogP contribution in [0.25, 0.3) is 0 Å². The zero-order valence-electron chi connectivity index (χ0n) is 10.4. The van der Waals surface area contributed by atoms with Crippen molar-refractivity contribution in [2.45, 2.75) is 19.9 Å². The molecule has 0 radical (unpaired) electrons. The largest absolute Gasteiger partial charge is 0.476 e. The minimum absolute atomic E-state index is 0.153. The number of carbonyl (C=O) groups is 1. The Labute approximate surface area is 114 Å². The van der Waals surface area contributed by atoms with E-state index in [1.807, 2.05) is 23.4 Å². The zero-order valence-corrected chi connectivity index (χ0v) is 12.0. The van der Waals surface area contributed by atoms with Crippen molar-refractivity contribution in [2.24, 2.45) is 0 Å². The summed E-state index contributed by atoms with van der Waals surface area (Å²) in [4.78, 5) is 19.2. The van der Waals surface area contributed by atoms with Crippen LogP contribution in [0.2, 0.25) is 0 Å². The lowest BCUT2D eigenvalue weighted by Crippen LogP contribution is -2.20. The van der Waals surface area contributed by atoms with Crippen molar-refractivity contribution in [1.29, 1.82) is 0 Å². The first-order valence-electron chi connectivity index (χ1n) is 5.47. The molecule has 0 aromatic carbocycles. The Morgan fingerprint density at radius 2 is 2.28 bits per heavy atom. The van der Waals surface area contributed by atoms with Gasteiger partial charge in [0, 0.05) is 16.8 Å². The molecule has 0 fully saturated rings. The summed E-state index contributed by atoms with van der Waals surface area (Å²) in [7, 11) is 1.94. The molecular formula is C12H14N2O2S2. The first kappa shape index (κ1) is 13.0. The highest BCUT2D eigenvalue weighted by Gasteiger charge is 2.20. The van der Waals surface area contributed by atoms with Crippen LogP contribution in [-0.2, 0) is 0 Å². The number of hydrogen-bond donors (Lipinski definition) is 1. The molecule has 2 heterocycles. The number of aryl methyl sites for hydroxylation is 1.